The average molecular weight is 442 g/mol. The van der Waals surface area contributed by atoms with Crippen LogP contribution < -0.4 is 10.6 Å². The highest BCUT2D eigenvalue weighted by molar-refractivity contribution is 5.97. The quantitative estimate of drug-likeness (QED) is 0.583. The Labute approximate surface area is 190 Å². The number of fused-ring (bicyclic) bond motifs is 1. The van der Waals surface area contributed by atoms with Crippen LogP contribution in [0.15, 0.2) is 42.5 Å². The van der Waals surface area contributed by atoms with Crippen molar-refractivity contribution >= 4 is 17.7 Å². The third kappa shape index (κ3) is 4.72. The first-order valence-corrected chi connectivity index (χ1v) is 11.3. The molecule has 0 spiro atoms. The van der Waals surface area contributed by atoms with Crippen LogP contribution in [-0.2, 0) is 20.8 Å². The van der Waals surface area contributed by atoms with Gasteiger partial charge < -0.3 is 20.6 Å². The molecule has 1 saturated heterocycles. The molecule has 0 aromatic heterocycles. The highest BCUT2D eigenvalue weighted by Gasteiger charge is 2.58. The second kappa shape index (κ2) is 9.45. The van der Waals surface area contributed by atoms with E-state index in [1.54, 1.807) is 11.9 Å². The highest BCUT2D eigenvalue weighted by atomic mass is 16.3. The zero-order chi connectivity index (χ0) is 23.6. The van der Waals surface area contributed by atoms with E-state index in [9.17, 15) is 19.5 Å². The van der Waals surface area contributed by atoms with Crippen LogP contribution in [0.3, 0.4) is 0 Å². The van der Waals surface area contributed by atoms with E-state index >= 15 is 0 Å². The Balaban J connectivity index is 2.04. The third-order valence-corrected chi connectivity index (χ3v) is 6.44. The maximum absolute atomic E-state index is 13.8. The van der Waals surface area contributed by atoms with Crippen molar-refractivity contribution in [2.24, 2.45) is 23.7 Å². The number of carbonyl (C=O) groups is 3. The number of amides is 3. The monoisotopic (exact) mass is 441 g/mol. The van der Waals surface area contributed by atoms with Crippen molar-refractivity contribution in [3.8, 4) is 0 Å². The normalized spacial score (nSPS) is 28.2. The van der Waals surface area contributed by atoms with Crippen LogP contribution in [0.4, 0.5) is 0 Å². The minimum atomic E-state index is -0.788. The van der Waals surface area contributed by atoms with Gasteiger partial charge in [0, 0.05) is 18.5 Å². The molecule has 2 aliphatic rings. The standard InChI is InChI=1S/C25H35N3O4/c1-15-11-12-18-20(19(15)22(30)26-5)24(32)28(21(18)23(31)27-25(2,3)4)17(14-29)13-16-9-7-6-8-10-16/h6-12,15,17-21,29H,13-14H2,1-5H3,(H,26,30)(H,27,31)/t15-,17-,18+,19-,20-,21+/m1/s1. The molecule has 1 aliphatic carbocycles. The lowest BCUT2D eigenvalue weighted by Gasteiger charge is -2.35. The molecule has 0 radical (unpaired) electrons. The average Bonchev–Trinajstić information content (AvgIpc) is 3.03. The number of rotatable bonds is 6. The smallest absolute Gasteiger partial charge is 0.243 e. The van der Waals surface area contributed by atoms with E-state index in [4.69, 9.17) is 0 Å². The van der Waals surface area contributed by atoms with Crippen LogP contribution in [-0.4, -0.2) is 59.0 Å². The summed E-state index contributed by atoms with van der Waals surface area (Å²) in [5.74, 6) is -2.49. The molecule has 1 heterocycles. The molecule has 0 bridgehead atoms. The maximum Gasteiger partial charge on any atom is 0.243 e. The number of likely N-dealkylation sites (tertiary alicyclic amines) is 1. The number of aliphatic hydroxyl groups is 1. The number of nitrogens with one attached hydrogen (secondary N) is 2. The molecule has 7 heteroatoms. The Morgan fingerprint density at radius 2 is 1.78 bits per heavy atom. The summed E-state index contributed by atoms with van der Waals surface area (Å²) in [6.07, 6.45) is 4.27. The first kappa shape index (κ1) is 24.0. The second-order valence-corrected chi connectivity index (χ2v) is 9.94. The van der Waals surface area contributed by atoms with Crippen LogP contribution in [0.2, 0.25) is 0 Å². The number of nitrogens with zero attached hydrogens (tertiary/aromatic N) is 1. The van der Waals surface area contributed by atoms with E-state index in [2.05, 4.69) is 10.6 Å². The van der Waals surface area contributed by atoms with E-state index in [1.807, 2.05) is 70.2 Å². The van der Waals surface area contributed by atoms with E-state index in [1.165, 1.54) is 0 Å². The van der Waals surface area contributed by atoms with Crippen molar-refractivity contribution < 1.29 is 19.5 Å². The Hall–Kier alpha value is -2.67. The van der Waals surface area contributed by atoms with Gasteiger partial charge in [0.1, 0.15) is 6.04 Å². The highest BCUT2D eigenvalue weighted by Crippen LogP contribution is 2.45. The predicted octanol–water partition coefficient (Wildman–Crippen LogP) is 1.52. The van der Waals surface area contributed by atoms with E-state index in [-0.39, 0.29) is 30.2 Å². The van der Waals surface area contributed by atoms with Crippen molar-refractivity contribution in [1.29, 1.82) is 0 Å². The van der Waals surface area contributed by atoms with Crippen molar-refractivity contribution in [2.75, 3.05) is 13.7 Å². The van der Waals surface area contributed by atoms with Gasteiger partial charge in [-0.1, -0.05) is 49.4 Å². The Bertz CT molecular complexity index is 877. The van der Waals surface area contributed by atoms with E-state index < -0.39 is 35.4 Å². The van der Waals surface area contributed by atoms with Gasteiger partial charge in [-0.3, -0.25) is 14.4 Å². The Kier molecular flexibility index (Phi) is 7.08. The second-order valence-electron chi connectivity index (χ2n) is 9.94. The first-order chi connectivity index (χ1) is 15.1. The molecular formula is C25H35N3O4. The van der Waals surface area contributed by atoms with Crippen LogP contribution in [0, 0.1) is 23.7 Å². The zero-order valence-corrected chi connectivity index (χ0v) is 19.5. The predicted molar refractivity (Wildman–Crippen MR) is 122 cm³/mol. The summed E-state index contributed by atoms with van der Waals surface area (Å²) in [6, 6.07) is 8.25. The fourth-order valence-corrected chi connectivity index (χ4v) is 5.08. The third-order valence-electron chi connectivity index (χ3n) is 6.44. The number of allylic oxidation sites excluding steroid dienone is 1. The summed E-state index contributed by atoms with van der Waals surface area (Å²) in [5.41, 5.74) is 0.486. The first-order valence-electron chi connectivity index (χ1n) is 11.3. The van der Waals surface area contributed by atoms with Crippen LogP contribution in [0.5, 0.6) is 0 Å². The van der Waals surface area contributed by atoms with Crippen molar-refractivity contribution in [2.45, 2.75) is 51.7 Å². The molecule has 0 saturated carbocycles. The summed E-state index contributed by atoms with van der Waals surface area (Å²) >= 11 is 0. The molecule has 1 aromatic rings. The van der Waals surface area contributed by atoms with Gasteiger partial charge in [-0.15, -0.1) is 0 Å². The Morgan fingerprint density at radius 1 is 1.12 bits per heavy atom. The van der Waals surface area contributed by atoms with Crippen LogP contribution in [0.1, 0.15) is 33.3 Å². The fraction of sp³-hybridized carbons (Fsp3) is 0.560. The van der Waals surface area contributed by atoms with Gasteiger partial charge in [-0.25, -0.2) is 0 Å². The van der Waals surface area contributed by atoms with E-state index in [0.29, 0.717) is 6.42 Å². The van der Waals surface area contributed by atoms with Gasteiger partial charge in [0.15, 0.2) is 0 Å². The minimum Gasteiger partial charge on any atom is -0.394 e. The molecular weight excluding hydrogens is 406 g/mol. The Morgan fingerprint density at radius 3 is 2.34 bits per heavy atom. The molecule has 7 nitrogen and oxygen atoms in total. The number of carbonyl (C=O) groups excluding carboxylic acids is 3. The lowest BCUT2D eigenvalue weighted by molar-refractivity contribution is -0.143. The molecule has 0 unspecified atom stereocenters. The lowest BCUT2D eigenvalue weighted by atomic mass is 9.70. The molecule has 3 rings (SSSR count). The lowest BCUT2D eigenvalue weighted by Crippen LogP contribution is -2.56. The number of hydrogen-bond donors (Lipinski definition) is 3. The summed E-state index contributed by atoms with van der Waals surface area (Å²) in [6.45, 7) is 7.32. The molecule has 3 N–H and O–H groups in total. The number of benzene rings is 1. The van der Waals surface area contributed by atoms with Gasteiger partial charge in [-0.05, 0) is 38.7 Å². The van der Waals surface area contributed by atoms with Gasteiger partial charge in [0.25, 0.3) is 0 Å². The van der Waals surface area contributed by atoms with Gasteiger partial charge in [-0.2, -0.15) is 0 Å². The molecule has 1 aromatic carbocycles. The maximum atomic E-state index is 13.8. The van der Waals surface area contributed by atoms with Gasteiger partial charge in [0.05, 0.1) is 24.5 Å². The zero-order valence-electron chi connectivity index (χ0n) is 19.5. The van der Waals surface area contributed by atoms with Crippen LogP contribution >= 0.6 is 0 Å². The van der Waals surface area contributed by atoms with Gasteiger partial charge in [0.2, 0.25) is 17.7 Å². The number of hydrogen-bond acceptors (Lipinski definition) is 4. The molecule has 174 valence electrons. The van der Waals surface area contributed by atoms with Crippen molar-refractivity contribution in [3.05, 3.63) is 48.0 Å². The summed E-state index contributed by atoms with van der Waals surface area (Å²) in [5, 5.41) is 16.0. The van der Waals surface area contributed by atoms with Crippen molar-refractivity contribution in [1.82, 2.24) is 15.5 Å². The van der Waals surface area contributed by atoms with E-state index in [0.717, 1.165) is 5.56 Å². The SMILES string of the molecule is CNC(=O)[C@H]1[C@@H]2C(=O)N([C@@H](CO)Cc3ccccc3)[C@H](C(=O)NC(C)(C)C)[C@H]2C=C[C@H]1C. The molecule has 32 heavy (non-hydrogen) atoms. The fourth-order valence-electron chi connectivity index (χ4n) is 5.08. The molecule has 1 aliphatic heterocycles. The van der Waals surface area contributed by atoms with Crippen LogP contribution in [0.25, 0.3) is 0 Å². The van der Waals surface area contributed by atoms with Crippen molar-refractivity contribution in [3.63, 3.8) is 0 Å². The molecule has 1 fully saturated rings. The number of aliphatic hydroxyl groups excluding tert-OH is 1. The minimum absolute atomic E-state index is 0.131. The summed E-state index contributed by atoms with van der Waals surface area (Å²) in [4.78, 5) is 41.5. The molecule has 3 amide bonds. The summed E-state index contributed by atoms with van der Waals surface area (Å²) in [7, 11) is 1.56. The molecule has 6 atom stereocenters. The summed E-state index contributed by atoms with van der Waals surface area (Å²) < 4.78 is 0. The topological polar surface area (TPSA) is 98.7 Å². The van der Waals surface area contributed by atoms with Gasteiger partial charge >= 0.3 is 0 Å². The largest absolute Gasteiger partial charge is 0.394 e.